The minimum atomic E-state index is 0.195. The molecule has 114 valence electrons. The molecule has 1 aromatic heterocycles. The van der Waals surface area contributed by atoms with E-state index in [0.29, 0.717) is 18.2 Å². The first-order valence-electron chi connectivity index (χ1n) is 7.23. The molecule has 1 aliphatic rings. The fourth-order valence-electron chi connectivity index (χ4n) is 2.74. The van der Waals surface area contributed by atoms with E-state index in [1.54, 1.807) is 13.3 Å². The number of hydrogen-bond donors (Lipinski definition) is 0. The van der Waals surface area contributed by atoms with Crippen molar-refractivity contribution in [1.29, 1.82) is 0 Å². The topological polar surface area (TPSA) is 42.4 Å². The van der Waals surface area contributed by atoms with Crippen LogP contribution in [0.15, 0.2) is 36.5 Å². The van der Waals surface area contributed by atoms with Crippen LogP contribution in [-0.4, -0.2) is 24.5 Å². The molecule has 1 amide bonds. The number of carbonyl (C=O) groups excluding carboxylic acids is 1. The van der Waals surface area contributed by atoms with Gasteiger partial charge in [0.2, 0.25) is 5.91 Å². The molecule has 0 bridgehead atoms. The summed E-state index contributed by atoms with van der Waals surface area (Å²) >= 11 is 5.96. The summed E-state index contributed by atoms with van der Waals surface area (Å²) in [6, 6.07) is 9.78. The normalized spacial score (nSPS) is 14.6. The van der Waals surface area contributed by atoms with Gasteiger partial charge >= 0.3 is 0 Å². The molecule has 0 radical (unpaired) electrons. The zero-order chi connectivity index (χ0) is 15.5. The Morgan fingerprint density at radius 1 is 1.32 bits per heavy atom. The summed E-state index contributed by atoms with van der Waals surface area (Å²) in [6.07, 6.45) is 3.33. The minimum absolute atomic E-state index is 0.195. The number of anilines is 1. The van der Waals surface area contributed by atoms with Gasteiger partial charge in [-0.3, -0.25) is 4.79 Å². The maximum Gasteiger partial charge on any atom is 0.227 e. The fourth-order valence-corrected chi connectivity index (χ4v) is 2.93. The number of halogens is 1. The summed E-state index contributed by atoms with van der Waals surface area (Å²) in [5.41, 5.74) is 3.96. The first-order chi connectivity index (χ1) is 10.7. The molecule has 0 aliphatic carbocycles. The van der Waals surface area contributed by atoms with Crippen molar-refractivity contribution in [2.24, 2.45) is 0 Å². The lowest BCUT2D eigenvalue weighted by molar-refractivity contribution is -0.117. The number of carbonyl (C=O) groups is 1. The lowest BCUT2D eigenvalue weighted by Gasteiger charge is -2.16. The van der Waals surface area contributed by atoms with Crippen LogP contribution in [0.4, 0.5) is 5.69 Å². The number of hydrogen-bond acceptors (Lipinski definition) is 3. The van der Waals surface area contributed by atoms with Gasteiger partial charge in [-0.2, -0.15) is 0 Å². The Balaban J connectivity index is 1.91. The van der Waals surface area contributed by atoms with E-state index in [4.69, 9.17) is 16.3 Å². The summed E-state index contributed by atoms with van der Waals surface area (Å²) in [6.45, 7) is 1.28. The van der Waals surface area contributed by atoms with E-state index in [1.165, 1.54) is 0 Å². The molecular formula is C17H17ClN2O2. The Bertz CT molecular complexity index is 686. The number of ether oxygens (including phenoxy) is 1. The summed E-state index contributed by atoms with van der Waals surface area (Å²) in [4.78, 5) is 17.8. The van der Waals surface area contributed by atoms with E-state index < -0.39 is 0 Å². The average molecular weight is 317 g/mol. The molecule has 1 saturated heterocycles. The number of pyridine rings is 1. The van der Waals surface area contributed by atoms with Gasteiger partial charge in [0.15, 0.2) is 0 Å². The molecule has 4 nitrogen and oxygen atoms in total. The van der Waals surface area contributed by atoms with E-state index >= 15 is 0 Å². The van der Waals surface area contributed by atoms with Crippen LogP contribution in [-0.2, 0) is 16.1 Å². The standard InChI is InChI=1S/C17H17ClN2O2/c1-22-11-13-9-16(18)19-10-15(13)12-4-6-14(7-5-12)20-8-2-3-17(20)21/h4-7,9-10H,2-3,8,11H2,1H3. The number of methoxy groups -OCH3 is 1. The van der Waals surface area contributed by atoms with Gasteiger partial charge in [-0.1, -0.05) is 23.7 Å². The summed E-state index contributed by atoms with van der Waals surface area (Å²) in [5.74, 6) is 0.195. The van der Waals surface area contributed by atoms with E-state index in [-0.39, 0.29) is 5.91 Å². The second-order valence-electron chi connectivity index (χ2n) is 5.29. The molecule has 2 aromatic rings. The van der Waals surface area contributed by atoms with Crippen LogP contribution >= 0.6 is 11.6 Å². The van der Waals surface area contributed by atoms with Crippen LogP contribution in [0, 0.1) is 0 Å². The number of nitrogens with zero attached hydrogens (tertiary/aromatic N) is 2. The third-order valence-corrected chi connectivity index (χ3v) is 4.03. The van der Waals surface area contributed by atoms with Crippen molar-refractivity contribution in [2.45, 2.75) is 19.4 Å². The van der Waals surface area contributed by atoms with Gasteiger partial charge in [-0.05, 0) is 35.7 Å². The third kappa shape index (κ3) is 2.98. The third-order valence-electron chi connectivity index (χ3n) is 3.82. The maximum atomic E-state index is 11.8. The van der Waals surface area contributed by atoms with Crippen LogP contribution in [0.5, 0.6) is 0 Å². The van der Waals surface area contributed by atoms with Crippen molar-refractivity contribution in [3.8, 4) is 11.1 Å². The molecule has 0 unspecified atom stereocenters. The lowest BCUT2D eigenvalue weighted by atomic mass is 10.0. The highest BCUT2D eigenvalue weighted by Gasteiger charge is 2.21. The molecule has 0 atom stereocenters. The number of rotatable bonds is 4. The molecule has 0 N–H and O–H groups in total. The van der Waals surface area contributed by atoms with Gasteiger partial charge in [0, 0.05) is 37.5 Å². The highest BCUT2D eigenvalue weighted by atomic mass is 35.5. The first kappa shape index (κ1) is 15.0. The summed E-state index contributed by atoms with van der Waals surface area (Å²) in [7, 11) is 1.65. The van der Waals surface area contributed by atoms with Gasteiger partial charge < -0.3 is 9.64 Å². The molecule has 1 aromatic carbocycles. The van der Waals surface area contributed by atoms with Crippen LogP contribution < -0.4 is 4.90 Å². The Morgan fingerprint density at radius 3 is 2.73 bits per heavy atom. The second-order valence-corrected chi connectivity index (χ2v) is 5.68. The molecule has 1 aliphatic heterocycles. The zero-order valence-corrected chi connectivity index (χ0v) is 13.1. The second kappa shape index (κ2) is 6.46. The van der Waals surface area contributed by atoms with Crippen molar-refractivity contribution in [3.05, 3.63) is 47.2 Å². The van der Waals surface area contributed by atoms with Gasteiger partial charge in [0.05, 0.1) is 6.61 Å². The Kier molecular flexibility index (Phi) is 4.41. The van der Waals surface area contributed by atoms with Crippen molar-refractivity contribution in [2.75, 3.05) is 18.6 Å². The van der Waals surface area contributed by atoms with Gasteiger partial charge in [-0.25, -0.2) is 4.98 Å². The van der Waals surface area contributed by atoms with E-state index in [0.717, 1.165) is 35.3 Å². The minimum Gasteiger partial charge on any atom is -0.380 e. The molecule has 0 saturated carbocycles. The van der Waals surface area contributed by atoms with Crippen molar-refractivity contribution < 1.29 is 9.53 Å². The number of benzene rings is 1. The van der Waals surface area contributed by atoms with E-state index in [2.05, 4.69) is 4.98 Å². The van der Waals surface area contributed by atoms with Crippen LogP contribution in [0.25, 0.3) is 11.1 Å². The summed E-state index contributed by atoms with van der Waals surface area (Å²) in [5, 5.41) is 0.454. The lowest BCUT2D eigenvalue weighted by Crippen LogP contribution is -2.23. The molecule has 5 heteroatoms. The number of aromatic nitrogens is 1. The van der Waals surface area contributed by atoms with E-state index in [9.17, 15) is 4.79 Å². The predicted molar refractivity (Wildman–Crippen MR) is 87.0 cm³/mol. The molecule has 3 rings (SSSR count). The highest BCUT2D eigenvalue weighted by molar-refractivity contribution is 6.29. The van der Waals surface area contributed by atoms with Crippen LogP contribution in [0.1, 0.15) is 18.4 Å². The van der Waals surface area contributed by atoms with Crippen molar-refractivity contribution in [1.82, 2.24) is 4.98 Å². The molecule has 22 heavy (non-hydrogen) atoms. The van der Waals surface area contributed by atoms with E-state index in [1.807, 2.05) is 35.2 Å². The van der Waals surface area contributed by atoms with Gasteiger partial charge in [-0.15, -0.1) is 0 Å². The first-order valence-corrected chi connectivity index (χ1v) is 7.61. The predicted octanol–water partition coefficient (Wildman–Crippen LogP) is 3.68. The largest absolute Gasteiger partial charge is 0.380 e. The van der Waals surface area contributed by atoms with Crippen LogP contribution in [0.3, 0.4) is 0 Å². The smallest absolute Gasteiger partial charge is 0.227 e. The molecular weight excluding hydrogens is 300 g/mol. The SMILES string of the molecule is COCc1cc(Cl)ncc1-c1ccc(N2CCCC2=O)cc1. The average Bonchev–Trinajstić information content (AvgIpc) is 2.94. The fraction of sp³-hybridized carbons (Fsp3) is 0.294. The Hall–Kier alpha value is -1.91. The van der Waals surface area contributed by atoms with Crippen molar-refractivity contribution >= 4 is 23.2 Å². The van der Waals surface area contributed by atoms with Crippen molar-refractivity contribution in [3.63, 3.8) is 0 Å². The molecule has 0 spiro atoms. The Morgan fingerprint density at radius 2 is 2.09 bits per heavy atom. The zero-order valence-electron chi connectivity index (χ0n) is 12.4. The van der Waals surface area contributed by atoms with Gasteiger partial charge in [0.1, 0.15) is 5.15 Å². The number of amides is 1. The summed E-state index contributed by atoms with van der Waals surface area (Å²) < 4.78 is 5.22. The van der Waals surface area contributed by atoms with Gasteiger partial charge in [0.25, 0.3) is 0 Å². The highest BCUT2D eigenvalue weighted by Crippen LogP contribution is 2.29. The molecule has 2 heterocycles. The maximum absolute atomic E-state index is 11.8. The Labute approximate surface area is 134 Å². The quantitative estimate of drug-likeness (QED) is 0.808. The monoisotopic (exact) mass is 316 g/mol. The molecule has 1 fully saturated rings. The van der Waals surface area contributed by atoms with Crippen LogP contribution in [0.2, 0.25) is 5.15 Å².